The molecular weight excluding hydrogens is 276 g/mol. The van der Waals surface area contributed by atoms with E-state index in [0.29, 0.717) is 18.0 Å². The van der Waals surface area contributed by atoms with Crippen molar-refractivity contribution in [3.8, 4) is 0 Å². The molecule has 106 valence electrons. The van der Waals surface area contributed by atoms with Crippen LogP contribution in [0.15, 0.2) is 30.5 Å². The molecule has 1 heterocycles. The number of halogens is 1. The van der Waals surface area contributed by atoms with E-state index in [4.69, 9.17) is 11.6 Å². The van der Waals surface area contributed by atoms with Crippen molar-refractivity contribution < 1.29 is 9.90 Å². The average molecular weight is 293 g/mol. The molecule has 5 heteroatoms. The summed E-state index contributed by atoms with van der Waals surface area (Å²) in [6, 6.07) is 7.00. The van der Waals surface area contributed by atoms with Crippen LogP contribution in [-0.2, 0) is 11.3 Å². The molecular formula is C15H17ClN2O2. The van der Waals surface area contributed by atoms with Gasteiger partial charge in [-0.25, -0.2) is 0 Å². The number of hydrogen-bond acceptors (Lipinski definition) is 3. The SMILES string of the molecule is CCC(C(=O)O)N(C)Cc1ccc(Cl)c2cccnc12. The van der Waals surface area contributed by atoms with Crippen LogP contribution in [0.5, 0.6) is 0 Å². The second-order valence-electron chi connectivity index (χ2n) is 4.78. The zero-order chi connectivity index (χ0) is 14.7. The third kappa shape index (κ3) is 2.92. The van der Waals surface area contributed by atoms with Crippen LogP contribution in [0, 0.1) is 0 Å². The molecule has 0 spiro atoms. The van der Waals surface area contributed by atoms with Crippen molar-refractivity contribution in [1.29, 1.82) is 0 Å². The third-order valence-corrected chi connectivity index (χ3v) is 3.75. The Morgan fingerprint density at radius 2 is 2.20 bits per heavy atom. The summed E-state index contributed by atoms with van der Waals surface area (Å²) in [6.07, 6.45) is 2.28. The highest BCUT2D eigenvalue weighted by Crippen LogP contribution is 2.25. The van der Waals surface area contributed by atoms with Gasteiger partial charge in [-0.05, 0) is 37.2 Å². The predicted molar refractivity (Wildman–Crippen MR) is 79.9 cm³/mol. The van der Waals surface area contributed by atoms with Gasteiger partial charge < -0.3 is 5.11 Å². The first-order valence-corrected chi connectivity index (χ1v) is 6.87. The highest BCUT2D eigenvalue weighted by atomic mass is 35.5. The number of pyridine rings is 1. The largest absolute Gasteiger partial charge is 0.480 e. The number of hydrogen-bond donors (Lipinski definition) is 1. The standard InChI is InChI=1S/C15H17ClN2O2/c1-3-13(15(19)20)18(2)9-10-6-7-12(16)11-5-4-8-17-14(10)11/h4-8,13H,3,9H2,1-2H3,(H,19,20). The number of likely N-dealkylation sites (N-methyl/N-ethyl adjacent to an activating group) is 1. The van der Waals surface area contributed by atoms with Gasteiger partial charge in [0, 0.05) is 23.2 Å². The summed E-state index contributed by atoms with van der Waals surface area (Å²) in [7, 11) is 1.81. The molecule has 0 amide bonds. The van der Waals surface area contributed by atoms with Crippen LogP contribution in [0.25, 0.3) is 10.9 Å². The monoisotopic (exact) mass is 292 g/mol. The lowest BCUT2D eigenvalue weighted by atomic mass is 10.1. The van der Waals surface area contributed by atoms with Gasteiger partial charge >= 0.3 is 5.97 Å². The molecule has 4 nitrogen and oxygen atoms in total. The highest BCUT2D eigenvalue weighted by Gasteiger charge is 2.21. The first-order chi connectivity index (χ1) is 9.54. The van der Waals surface area contributed by atoms with Crippen LogP contribution in [0.1, 0.15) is 18.9 Å². The highest BCUT2D eigenvalue weighted by molar-refractivity contribution is 6.35. The zero-order valence-corrected chi connectivity index (χ0v) is 12.3. The van der Waals surface area contributed by atoms with Gasteiger partial charge in [-0.3, -0.25) is 14.7 Å². The average Bonchev–Trinajstić information content (AvgIpc) is 2.42. The number of aliphatic carboxylic acids is 1. The van der Waals surface area contributed by atoms with Crippen LogP contribution in [-0.4, -0.2) is 34.0 Å². The van der Waals surface area contributed by atoms with Crippen molar-refractivity contribution in [2.75, 3.05) is 7.05 Å². The first kappa shape index (κ1) is 14.8. The molecule has 1 unspecified atom stereocenters. The van der Waals surface area contributed by atoms with Gasteiger partial charge in [0.25, 0.3) is 0 Å². The van der Waals surface area contributed by atoms with E-state index in [1.807, 2.05) is 43.1 Å². The Morgan fingerprint density at radius 3 is 2.85 bits per heavy atom. The molecule has 0 saturated heterocycles. The van der Waals surface area contributed by atoms with Crippen LogP contribution in [0.4, 0.5) is 0 Å². The molecule has 0 aliphatic carbocycles. The smallest absolute Gasteiger partial charge is 0.320 e. The van der Waals surface area contributed by atoms with E-state index < -0.39 is 12.0 Å². The minimum absolute atomic E-state index is 0.496. The Labute approximate surface area is 123 Å². The zero-order valence-electron chi connectivity index (χ0n) is 11.5. The molecule has 2 rings (SSSR count). The number of carboxylic acid groups (broad SMARTS) is 1. The summed E-state index contributed by atoms with van der Waals surface area (Å²) in [4.78, 5) is 17.4. The van der Waals surface area contributed by atoms with Crippen molar-refractivity contribution >= 4 is 28.5 Å². The molecule has 1 N–H and O–H groups in total. The Balaban J connectivity index is 2.35. The van der Waals surface area contributed by atoms with Gasteiger partial charge in [0.05, 0.1) is 5.52 Å². The first-order valence-electron chi connectivity index (χ1n) is 6.49. The Kier molecular flexibility index (Phi) is 4.57. The Bertz CT molecular complexity index is 630. The van der Waals surface area contributed by atoms with Gasteiger partial charge in [0.15, 0.2) is 0 Å². The molecule has 1 aromatic carbocycles. The summed E-state index contributed by atoms with van der Waals surface area (Å²) in [5.41, 5.74) is 1.80. The Morgan fingerprint density at radius 1 is 1.45 bits per heavy atom. The van der Waals surface area contributed by atoms with E-state index >= 15 is 0 Å². The fourth-order valence-electron chi connectivity index (χ4n) is 2.38. The van der Waals surface area contributed by atoms with E-state index in [1.165, 1.54) is 0 Å². The van der Waals surface area contributed by atoms with Gasteiger partial charge in [0.2, 0.25) is 0 Å². The molecule has 20 heavy (non-hydrogen) atoms. The van der Waals surface area contributed by atoms with E-state index in [0.717, 1.165) is 16.5 Å². The summed E-state index contributed by atoms with van der Waals surface area (Å²) < 4.78 is 0. The summed E-state index contributed by atoms with van der Waals surface area (Å²) in [5.74, 6) is -0.804. The van der Waals surface area contributed by atoms with Gasteiger partial charge in [0.1, 0.15) is 6.04 Å². The number of carbonyl (C=O) groups is 1. The fourth-order valence-corrected chi connectivity index (χ4v) is 2.59. The van der Waals surface area contributed by atoms with E-state index in [-0.39, 0.29) is 0 Å². The molecule has 1 aromatic heterocycles. The quantitative estimate of drug-likeness (QED) is 0.919. The summed E-state index contributed by atoms with van der Waals surface area (Å²) >= 11 is 6.16. The maximum absolute atomic E-state index is 11.2. The van der Waals surface area contributed by atoms with E-state index in [1.54, 1.807) is 6.20 Å². The normalized spacial score (nSPS) is 12.8. The minimum Gasteiger partial charge on any atom is -0.480 e. The topological polar surface area (TPSA) is 53.4 Å². The van der Waals surface area contributed by atoms with Crippen molar-refractivity contribution in [2.45, 2.75) is 25.9 Å². The number of rotatable bonds is 5. The van der Waals surface area contributed by atoms with Crippen molar-refractivity contribution in [1.82, 2.24) is 9.88 Å². The van der Waals surface area contributed by atoms with Gasteiger partial charge in [-0.2, -0.15) is 0 Å². The fraction of sp³-hybridized carbons (Fsp3) is 0.333. The summed E-state index contributed by atoms with van der Waals surface area (Å²) in [6.45, 7) is 2.39. The molecule has 0 fully saturated rings. The molecule has 0 bridgehead atoms. The van der Waals surface area contributed by atoms with Crippen molar-refractivity contribution in [3.63, 3.8) is 0 Å². The number of benzene rings is 1. The Hall–Kier alpha value is -1.65. The van der Waals surface area contributed by atoms with Crippen molar-refractivity contribution in [2.24, 2.45) is 0 Å². The number of fused-ring (bicyclic) bond motifs is 1. The van der Waals surface area contributed by atoms with E-state index in [9.17, 15) is 9.90 Å². The molecule has 0 saturated carbocycles. The van der Waals surface area contributed by atoms with Crippen LogP contribution < -0.4 is 0 Å². The predicted octanol–water partition coefficient (Wildman–Crippen LogP) is 3.18. The maximum atomic E-state index is 11.2. The van der Waals surface area contributed by atoms with E-state index in [2.05, 4.69) is 4.98 Å². The van der Waals surface area contributed by atoms with Gasteiger partial charge in [-0.1, -0.05) is 24.6 Å². The van der Waals surface area contributed by atoms with Crippen LogP contribution >= 0.6 is 11.6 Å². The minimum atomic E-state index is -0.804. The lowest BCUT2D eigenvalue weighted by Gasteiger charge is -2.24. The molecule has 1 atom stereocenters. The summed E-state index contributed by atoms with van der Waals surface area (Å²) in [5, 5.41) is 10.7. The van der Waals surface area contributed by atoms with Crippen molar-refractivity contribution in [3.05, 3.63) is 41.0 Å². The molecule has 0 aliphatic heterocycles. The second-order valence-corrected chi connectivity index (χ2v) is 5.19. The van der Waals surface area contributed by atoms with Crippen LogP contribution in [0.2, 0.25) is 5.02 Å². The van der Waals surface area contributed by atoms with Gasteiger partial charge in [-0.15, -0.1) is 0 Å². The molecule has 0 aliphatic rings. The third-order valence-electron chi connectivity index (χ3n) is 3.42. The molecule has 0 radical (unpaired) electrons. The lowest BCUT2D eigenvalue weighted by molar-refractivity contribution is -0.143. The number of nitrogens with zero attached hydrogens (tertiary/aromatic N) is 2. The van der Waals surface area contributed by atoms with Crippen LogP contribution in [0.3, 0.4) is 0 Å². The second kappa shape index (κ2) is 6.20. The maximum Gasteiger partial charge on any atom is 0.320 e. The lowest BCUT2D eigenvalue weighted by Crippen LogP contribution is -2.37. The number of aromatic nitrogens is 1. The number of carboxylic acids is 1. The molecule has 2 aromatic rings.